The van der Waals surface area contributed by atoms with Gasteiger partial charge in [0.15, 0.2) is 17.2 Å². The Labute approximate surface area is 69.2 Å². The van der Waals surface area contributed by atoms with Crippen LogP contribution in [0.25, 0.3) is 0 Å². The van der Waals surface area contributed by atoms with Crippen molar-refractivity contribution in [2.24, 2.45) is 0 Å². The summed E-state index contributed by atoms with van der Waals surface area (Å²) in [6, 6.07) is 1.17. The van der Waals surface area contributed by atoms with Crippen molar-refractivity contribution in [1.29, 1.82) is 0 Å². The van der Waals surface area contributed by atoms with Crippen LogP contribution >= 0.6 is 0 Å². The quantitative estimate of drug-likeness (QED) is 0.275. The van der Waals surface area contributed by atoms with Gasteiger partial charge in [0.2, 0.25) is 0 Å². The highest BCUT2D eigenvalue weighted by atomic mass is 16.5. The molecule has 1 rings (SSSR count). The monoisotopic (exact) mass is 170 g/mol. The molecule has 0 fully saturated rings. The van der Waals surface area contributed by atoms with Crippen LogP contribution in [0.3, 0.4) is 0 Å². The molecule has 12 heavy (non-hydrogen) atoms. The predicted octanol–water partition coefficient (Wildman–Crippen LogP) is 0.271. The number of hydrogen-bond donors (Lipinski definition) is 4. The maximum atomic E-state index is 9.20. The molecule has 0 bridgehead atoms. The first-order chi connectivity index (χ1) is 5.57. The maximum Gasteiger partial charge on any atom is 0.187 e. The lowest BCUT2D eigenvalue weighted by atomic mass is 10.2. The molecule has 0 radical (unpaired) electrons. The maximum absolute atomic E-state index is 9.20. The lowest BCUT2D eigenvalue weighted by Gasteiger charge is -2.09. The third-order valence-corrected chi connectivity index (χ3v) is 1.50. The highest BCUT2D eigenvalue weighted by Gasteiger charge is 2.13. The van der Waals surface area contributed by atoms with Gasteiger partial charge in [0.1, 0.15) is 5.69 Å². The van der Waals surface area contributed by atoms with E-state index in [1.54, 1.807) is 0 Å². The molecular formula is C7H10N2O3. The fraction of sp³-hybridized carbons (Fsp3) is 0.143. The van der Waals surface area contributed by atoms with Crippen molar-refractivity contribution in [2.75, 3.05) is 18.6 Å². The summed E-state index contributed by atoms with van der Waals surface area (Å²) in [4.78, 5) is 0. The van der Waals surface area contributed by atoms with Gasteiger partial charge in [0.25, 0.3) is 0 Å². The molecule has 1 aromatic carbocycles. The number of phenols is 2. The smallest absolute Gasteiger partial charge is 0.187 e. The summed E-state index contributed by atoms with van der Waals surface area (Å²) in [7, 11) is 1.33. The first kappa shape index (κ1) is 8.32. The average molecular weight is 170 g/mol. The molecule has 0 aliphatic heterocycles. The summed E-state index contributed by atoms with van der Waals surface area (Å²) in [5.41, 5.74) is 10.6. The lowest BCUT2D eigenvalue weighted by molar-refractivity contribution is 0.372. The topological polar surface area (TPSA) is 102 Å². The first-order valence-corrected chi connectivity index (χ1v) is 3.21. The number of nitrogen functional groups attached to an aromatic ring is 2. The third kappa shape index (κ3) is 1.05. The number of anilines is 2. The van der Waals surface area contributed by atoms with Gasteiger partial charge in [-0.25, -0.2) is 0 Å². The normalized spacial score (nSPS) is 9.75. The third-order valence-electron chi connectivity index (χ3n) is 1.50. The van der Waals surface area contributed by atoms with E-state index in [2.05, 4.69) is 0 Å². The average Bonchev–Trinajstić information content (AvgIpc) is 2.01. The summed E-state index contributed by atoms with van der Waals surface area (Å²) < 4.78 is 4.72. The van der Waals surface area contributed by atoms with E-state index in [4.69, 9.17) is 16.2 Å². The molecule has 0 amide bonds. The molecule has 0 spiro atoms. The minimum atomic E-state index is -0.273. The Bertz CT molecular complexity index is 312. The lowest BCUT2D eigenvalue weighted by Crippen LogP contribution is -1.96. The van der Waals surface area contributed by atoms with Crippen LogP contribution in [0, 0.1) is 0 Å². The molecule has 66 valence electrons. The first-order valence-electron chi connectivity index (χ1n) is 3.21. The van der Waals surface area contributed by atoms with Crippen LogP contribution in [-0.2, 0) is 0 Å². The van der Waals surface area contributed by atoms with Gasteiger partial charge in [0, 0.05) is 6.07 Å². The van der Waals surface area contributed by atoms with Crippen LogP contribution in [0.1, 0.15) is 0 Å². The van der Waals surface area contributed by atoms with Crippen molar-refractivity contribution in [3.8, 4) is 17.2 Å². The fourth-order valence-corrected chi connectivity index (χ4v) is 0.897. The molecule has 0 saturated carbocycles. The van der Waals surface area contributed by atoms with Gasteiger partial charge in [-0.3, -0.25) is 0 Å². The molecule has 0 unspecified atom stereocenters. The molecule has 0 aliphatic rings. The summed E-state index contributed by atoms with van der Waals surface area (Å²) in [6.07, 6.45) is 0. The van der Waals surface area contributed by atoms with Gasteiger partial charge < -0.3 is 26.4 Å². The number of methoxy groups -OCH3 is 1. The minimum Gasteiger partial charge on any atom is -0.504 e. The molecular weight excluding hydrogens is 160 g/mol. The summed E-state index contributed by atoms with van der Waals surface area (Å²) in [5.74, 6) is -0.434. The van der Waals surface area contributed by atoms with E-state index in [1.165, 1.54) is 13.2 Å². The van der Waals surface area contributed by atoms with E-state index in [0.717, 1.165) is 0 Å². The second-order valence-corrected chi connectivity index (χ2v) is 2.28. The molecule has 0 saturated heterocycles. The van der Waals surface area contributed by atoms with Crippen molar-refractivity contribution in [3.05, 3.63) is 6.07 Å². The van der Waals surface area contributed by atoms with E-state index in [1.807, 2.05) is 0 Å². The van der Waals surface area contributed by atoms with E-state index in [0.29, 0.717) is 0 Å². The number of benzene rings is 1. The van der Waals surface area contributed by atoms with Crippen molar-refractivity contribution in [3.63, 3.8) is 0 Å². The van der Waals surface area contributed by atoms with Crippen LogP contribution in [0.5, 0.6) is 17.2 Å². The van der Waals surface area contributed by atoms with Crippen molar-refractivity contribution in [1.82, 2.24) is 0 Å². The zero-order valence-corrected chi connectivity index (χ0v) is 6.53. The standard InChI is InChI=1S/C7H10N2O3/c1-12-7-4(10)2-3(8)6(11)5(7)9/h2,10-11H,8-9H2,1H3. The summed E-state index contributed by atoms with van der Waals surface area (Å²) >= 11 is 0. The Balaban J connectivity index is 3.40. The largest absolute Gasteiger partial charge is 0.504 e. The Hall–Kier alpha value is -1.78. The molecule has 0 atom stereocenters. The Kier molecular flexibility index (Phi) is 1.86. The number of phenolic OH excluding ortho intramolecular Hbond substituents is 2. The summed E-state index contributed by atoms with van der Waals surface area (Å²) in [5, 5.41) is 18.4. The van der Waals surface area contributed by atoms with E-state index in [-0.39, 0.29) is 28.6 Å². The van der Waals surface area contributed by atoms with Gasteiger partial charge in [-0.2, -0.15) is 0 Å². The van der Waals surface area contributed by atoms with Crippen LogP contribution in [0.2, 0.25) is 0 Å². The highest BCUT2D eigenvalue weighted by molar-refractivity contribution is 5.77. The number of nitrogens with two attached hydrogens (primary N) is 2. The second-order valence-electron chi connectivity index (χ2n) is 2.28. The Morgan fingerprint density at radius 3 is 2.42 bits per heavy atom. The number of aromatic hydroxyl groups is 2. The molecule has 0 heterocycles. The zero-order valence-electron chi connectivity index (χ0n) is 6.53. The SMILES string of the molecule is COc1c(O)cc(N)c(O)c1N. The number of ether oxygens (including phenoxy) is 1. The van der Waals surface area contributed by atoms with Crippen LogP contribution in [-0.4, -0.2) is 17.3 Å². The number of rotatable bonds is 1. The molecule has 6 N–H and O–H groups in total. The molecule has 5 nitrogen and oxygen atoms in total. The predicted molar refractivity (Wildman–Crippen MR) is 45.1 cm³/mol. The zero-order chi connectivity index (χ0) is 9.30. The Morgan fingerprint density at radius 2 is 1.92 bits per heavy atom. The Morgan fingerprint density at radius 1 is 1.33 bits per heavy atom. The van der Waals surface area contributed by atoms with Crippen molar-refractivity contribution in [2.45, 2.75) is 0 Å². The van der Waals surface area contributed by atoms with E-state index in [9.17, 15) is 10.2 Å². The number of hydrogen-bond acceptors (Lipinski definition) is 5. The molecule has 5 heteroatoms. The van der Waals surface area contributed by atoms with Crippen molar-refractivity contribution < 1.29 is 14.9 Å². The molecule has 0 aliphatic carbocycles. The minimum absolute atomic E-state index is 0.0193. The summed E-state index contributed by atoms with van der Waals surface area (Å²) in [6.45, 7) is 0. The highest BCUT2D eigenvalue weighted by Crippen LogP contribution is 2.42. The van der Waals surface area contributed by atoms with Gasteiger partial charge in [0.05, 0.1) is 12.8 Å². The van der Waals surface area contributed by atoms with E-state index >= 15 is 0 Å². The van der Waals surface area contributed by atoms with Crippen LogP contribution < -0.4 is 16.2 Å². The van der Waals surface area contributed by atoms with E-state index < -0.39 is 0 Å². The van der Waals surface area contributed by atoms with Gasteiger partial charge in [-0.1, -0.05) is 0 Å². The molecule has 0 aromatic heterocycles. The van der Waals surface area contributed by atoms with Gasteiger partial charge in [-0.05, 0) is 0 Å². The molecule has 1 aromatic rings. The van der Waals surface area contributed by atoms with Gasteiger partial charge in [-0.15, -0.1) is 0 Å². The van der Waals surface area contributed by atoms with Crippen molar-refractivity contribution >= 4 is 11.4 Å². The van der Waals surface area contributed by atoms with Gasteiger partial charge >= 0.3 is 0 Å². The van der Waals surface area contributed by atoms with Crippen LogP contribution in [0.4, 0.5) is 11.4 Å². The second kappa shape index (κ2) is 2.69. The van der Waals surface area contributed by atoms with Crippen LogP contribution in [0.15, 0.2) is 6.07 Å². The fourth-order valence-electron chi connectivity index (χ4n) is 0.897.